The maximum atomic E-state index is 13.7. The predicted octanol–water partition coefficient (Wildman–Crippen LogP) is 3.06. The number of anilines is 2. The first kappa shape index (κ1) is 26.9. The molecule has 0 radical (unpaired) electrons. The number of likely N-dealkylation sites (tertiary alicyclic amines) is 1. The summed E-state index contributed by atoms with van der Waals surface area (Å²) in [4.78, 5) is 14.1. The summed E-state index contributed by atoms with van der Waals surface area (Å²) in [6, 6.07) is 5.20. The van der Waals surface area contributed by atoms with Crippen molar-refractivity contribution in [2.75, 3.05) is 49.9 Å². The fourth-order valence-electron chi connectivity index (χ4n) is 7.49. The number of benzene rings is 1. The van der Waals surface area contributed by atoms with Crippen LogP contribution in [-0.2, 0) is 10.0 Å². The summed E-state index contributed by atoms with van der Waals surface area (Å²) in [6.07, 6.45) is 7.98. The molecular weight excluding hydrogens is 512 g/mol. The Morgan fingerprint density at radius 3 is 2.56 bits per heavy atom. The maximum Gasteiger partial charge on any atom is 0.243 e. The molecule has 0 bridgehead atoms. The van der Waals surface area contributed by atoms with Crippen molar-refractivity contribution in [2.24, 2.45) is 5.41 Å². The summed E-state index contributed by atoms with van der Waals surface area (Å²) in [6.45, 7) is 8.40. The molecule has 0 amide bonds. The highest BCUT2D eigenvalue weighted by Gasteiger charge is 2.45. The van der Waals surface area contributed by atoms with Gasteiger partial charge in [0.15, 0.2) is 0 Å². The van der Waals surface area contributed by atoms with E-state index in [9.17, 15) is 13.5 Å². The number of nitrogens with zero attached hydrogens (tertiary/aromatic N) is 5. The molecule has 10 heteroatoms. The number of nitrogen functional groups attached to an aromatic ring is 1. The van der Waals surface area contributed by atoms with Gasteiger partial charge in [0, 0.05) is 43.7 Å². The Labute approximate surface area is 232 Å². The molecule has 1 aliphatic carbocycles. The van der Waals surface area contributed by atoms with Crippen LogP contribution >= 0.6 is 0 Å². The summed E-state index contributed by atoms with van der Waals surface area (Å²) in [7, 11) is -3.68. The summed E-state index contributed by atoms with van der Waals surface area (Å²) >= 11 is 0. The highest BCUT2D eigenvalue weighted by molar-refractivity contribution is 7.89. The standard InChI is InChI=1S/C29H42N6O3S/c1-20-6-3-7-21(2)26(20)39(37,38)35-14-4-8-23(35)24(36)16-33-13-5-11-29(17-33)12-15-34(18-29)28-25(22-9-10-22)27(30)31-19-32-28/h3,6-7,19,22-24,36H,4-5,8-18H2,1-2H3,(H2,30,31,32)/t23-,24+,29+/m0/s1. The summed E-state index contributed by atoms with van der Waals surface area (Å²) in [5, 5.41) is 11.4. The van der Waals surface area contributed by atoms with Crippen LogP contribution in [0, 0.1) is 19.3 Å². The number of aryl methyl sites for hydroxylation is 2. The number of β-amino-alcohol motifs (C(OH)–C–C–N with tert-alkyl or cyclic N) is 1. The molecule has 6 rings (SSSR count). The second-order valence-electron chi connectivity index (χ2n) is 12.4. The van der Waals surface area contributed by atoms with E-state index in [0.29, 0.717) is 36.1 Å². The van der Waals surface area contributed by atoms with Gasteiger partial charge in [-0.05, 0) is 82.4 Å². The Hall–Kier alpha value is -2.27. The van der Waals surface area contributed by atoms with Crippen LogP contribution in [0.25, 0.3) is 0 Å². The number of rotatable bonds is 7. The van der Waals surface area contributed by atoms with Crippen LogP contribution in [0.5, 0.6) is 0 Å². The quantitative estimate of drug-likeness (QED) is 0.537. The molecule has 1 saturated carbocycles. The highest BCUT2D eigenvalue weighted by atomic mass is 32.2. The molecule has 3 N–H and O–H groups in total. The SMILES string of the molecule is Cc1cccc(C)c1S(=O)(=O)N1CCC[C@H]1[C@H](O)CN1CCC[C@@]2(CCN(c3ncnc(N)c3C3CC3)C2)C1. The molecular formula is C29H42N6O3S. The van der Waals surface area contributed by atoms with Crippen LogP contribution in [0.4, 0.5) is 11.6 Å². The van der Waals surface area contributed by atoms with Gasteiger partial charge in [0.2, 0.25) is 10.0 Å². The molecule has 1 aromatic heterocycles. The number of sulfonamides is 1. The van der Waals surface area contributed by atoms with Gasteiger partial charge in [-0.1, -0.05) is 18.2 Å². The zero-order chi connectivity index (χ0) is 27.4. The van der Waals surface area contributed by atoms with Gasteiger partial charge in [-0.15, -0.1) is 0 Å². The Balaban J connectivity index is 1.14. The van der Waals surface area contributed by atoms with Crippen molar-refractivity contribution in [2.45, 2.75) is 81.8 Å². The maximum absolute atomic E-state index is 13.7. The Morgan fingerprint density at radius 1 is 1.05 bits per heavy atom. The van der Waals surface area contributed by atoms with E-state index in [0.717, 1.165) is 87.2 Å². The van der Waals surface area contributed by atoms with Gasteiger partial charge < -0.3 is 20.6 Å². The van der Waals surface area contributed by atoms with Crippen LogP contribution < -0.4 is 10.6 Å². The smallest absolute Gasteiger partial charge is 0.243 e. The minimum absolute atomic E-state index is 0.151. The van der Waals surface area contributed by atoms with E-state index in [4.69, 9.17) is 5.73 Å². The average molecular weight is 555 g/mol. The number of aliphatic hydroxyl groups is 1. The van der Waals surface area contributed by atoms with E-state index in [1.54, 1.807) is 10.6 Å². The van der Waals surface area contributed by atoms with E-state index >= 15 is 0 Å². The van der Waals surface area contributed by atoms with E-state index < -0.39 is 22.2 Å². The number of piperidine rings is 1. The second-order valence-corrected chi connectivity index (χ2v) is 14.2. The molecule has 4 heterocycles. The monoisotopic (exact) mass is 554 g/mol. The molecule has 4 aliphatic rings. The van der Waals surface area contributed by atoms with Crippen molar-refractivity contribution in [3.8, 4) is 0 Å². The first-order valence-electron chi connectivity index (χ1n) is 14.5. The van der Waals surface area contributed by atoms with Crippen molar-refractivity contribution in [3.05, 3.63) is 41.2 Å². The summed E-state index contributed by atoms with van der Waals surface area (Å²) in [5.74, 6) is 2.12. The highest BCUT2D eigenvalue weighted by Crippen LogP contribution is 2.48. The number of aromatic nitrogens is 2. The molecule has 1 spiro atoms. The number of aliphatic hydroxyl groups excluding tert-OH is 1. The number of nitrogens with two attached hydrogens (primary N) is 1. The fraction of sp³-hybridized carbons (Fsp3) is 0.655. The van der Waals surface area contributed by atoms with Crippen molar-refractivity contribution >= 4 is 21.7 Å². The van der Waals surface area contributed by atoms with Crippen LogP contribution in [0.15, 0.2) is 29.4 Å². The molecule has 3 atom stereocenters. The van der Waals surface area contributed by atoms with Gasteiger partial charge >= 0.3 is 0 Å². The van der Waals surface area contributed by atoms with Gasteiger partial charge in [-0.2, -0.15) is 4.31 Å². The first-order chi connectivity index (χ1) is 18.7. The number of hydrogen-bond donors (Lipinski definition) is 2. The second kappa shape index (κ2) is 10.3. The van der Waals surface area contributed by atoms with Crippen molar-refractivity contribution in [3.63, 3.8) is 0 Å². The lowest BCUT2D eigenvalue weighted by atomic mass is 9.79. The van der Waals surface area contributed by atoms with Gasteiger partial charge in [0.05, 0.1) is 17.0 Å². The lowest BCUT2D eigenvalue weighted by Gasteiger charge is -2.42. The van der Waals surface area contributed by atoms with E-state index in [2.05, 4.69) is 19.8 Å². The van der Waals surface area contributed by atoms with Crippen molar-refractivity contribution in [1.82, 2.24) is 19.2 Å². The Kier molecular flexibility index (Phi) is 7.10. The third-order valence-electron chi connectivity index (χ3n) is 9.47. The molecule has 39 heavy (non-hydrogen) atoms. The minimum Gasteiger partial charge on any atom is -0.390 e. The molecule has 2 aromatic rings. The molecule has 4 fully saturated rings. The van der Waals surface area contributed by atoms with Crippen LogP contribution in [0.3, 0.4) is 0 Å². The third kappa shape index (κ3) is 5.05. The number of hydrogen-bond acceptors (Lipinski definition) is 8. The zero-order valence-electron chi connectivity index (χ0n) is 23.2. The Bertz CT molecular complexity index is 1310. The van der Waals surface area contributed by atoms with Crippen LogP contribution in [-0.4, -0.2) is 84.1 Å². The van der Waals surface area contributed by atoms with Crippen molar-refractivity contribution < 1.29 is 13.5 Å². The lowest BCUT2D eigenvalue weighted by Crippen LogP contribution is -2.51. The Morgan fingerprint density at radius 2 is 1.82 bits per heavy atom. The molecule has 1 aromatic carbocycles. The van der Waals surface area contributed by atoms with E-state index in [1.165, 1.54) is 0 Å². The molecule has 9 nitrogen and oxygen atoms in total. The van der Waals surface area contributed by atoms with Gasteiger partial charge in [0.1, 0.15) is 18.0 Å². The molecule has 212 valence electrons. The van der Waals surface area contributed by atoms with Crippen LogP contribution in [0.1, 0.15) is 67.6 Å². The summed E-state index contributed by atoms with van der Waals surface area (Å²) < 4.78 is 29.0. The normalized spacial score (nSPS) is 27.5. The van der Waals surface area contributed by atoms with Gasteiger partial charge in [-0.3, -0.25) is 0 Å². The topological polar surface area (TPSA) is 116 Å². The lowest BCUT2D eigenvalue weighted by molar-refractivity contribution is 0.0291. The summed E-state index contributed by atoms with van der Waals surface area (Å²) in [5.41, 5.74) is 9.07. The van der Waals surface area contributed by atoms with Crippen molar-refractivity contribution in [1.29, 1.82) is 0 Å². The first-order valence-corrected chi connectivity index (χ1v) is 16.0. The predicted molar refractivity (Wildman–Crippen MR) is 152 cm³/mol. The van der Waals surface area contributed by atoms with E-state index in [1.807, 2.05) is 32.0 Å². The third-order valence-corrected chi connectivity index (χ3v) is 11.7. The van der Waals surface area contributed by atoms with Gasteiger partial charge in [0.25, 0.3) is 0 Å². The fourth-order valence-corrected chi connectivity index (χ4v) is 9.64. The van der Waals surface area contributed by atoms with Crippen LogP contribution in [0.2, 0.25) is 0 Å². The molecule has 0 unspecified atom stereocenters. The minimum atomic E-state index is -3.68. The van der Waals surface area contributed by atoms with Gasteiger partial charge in [-0.25, -0.2) is 18.4 Å². The largest absolute Gasteiger partial charge is 0.390 e. The molecule has 3 saturated heterocycles. The van der Waals surface area contributed by atoms with E-state index in [-0.39, 0.29) is 5.41 Å². The average Bonchev–Trinajstić information content (AvgIpc) is 3.44. The molecule has 3 aliphatic heterocycles. The zero-order valence-corrected chi connectivity index (χ0v) is 24.0.